The first-order valence-electron chi connectivity index (χ1n) is 12.1. The standard InChI is InChI=1S/C30H30O2/c1-20-10-12-21(13-11-20)24-18-31-27-16-14-22-6-2-4-8-25(22)29(27)30-26-9-5-3-7-23(26)15-17-28(30)32-19-24/h2-9,14-17,20-21,24H,10-13,18-19H2,1H3. The highest BCUT2D eigenvalue weighted by molar-refractivity contribution is 6.09. The lowest BCUT2D eigenvalue weighted by atomic mass is 9.77. The molecule has 0 saturated heterocycles. The molecule has 162 valence electrons. The van der Waals surface area contributed by atoms with Crippen molar-refractivity contribution in [2.45, 2.75) is 32.6 Å². The lowest BCUT2D eigenvalue weighted by Crippen LogP contribution is -2.30. The van der Waals surface area contributed by atoms with Crippen LogP contribution >= 0.6 is 0 Å². The number of benzene rings is 4. The minimum atomic E-state index is 0.416. The van der Waals surface area contributed by atoms with Crippen LogP contribution < -0.4 is 9.47 Å². The number of rotatable bonds is 1. The van der Waals surface area contributed by atoms with Crippen molar-refractivity contribution in [1.82, 2.24) is 0 Å². The second-order valence-electron chi connectivity index (χ2n) is 9.72. The molecular formula is C30H30O2. The lowest BCUT2D eigenvalue weighted by Gasteiger charge is -2.32. The van der Waals surface area contributed by atoms with Crippen LogP contribution in [0, 0.1) is 17.8 Å². The molecule has 1 saturated carbocycles. The highest BCUT2D eigenvalue weighted by Gasteiger charge is 2.30. The largest absolute Gasteiger partial charge is 0.492 e. The van der Waals surface area contributed by atoms with Gasteiger partial charge in [-0.25, -0.2) is 0 Å². The molecular weight excluding hydrogens is 392 g/mol. The zero-order valence-electron chi connectivity index (χ0n) is 18.7. The fourth-order valence-electron chi connectivity index (χ4n) is 5.73. The third-order valence-corrected chi connectivity index (χ3v) is 7.66. The van der Waals surface area contributed by atoms with Crippen LogP contribution in [0.5, 0.6) is 11.5 Å². The van der Waals surface area contributed by atoms with E-state index >= 15 is 0 Å². The second-order valence-corrected chi connectivity index (χ2v) is 9.72. The molecule has 0 N–H and O–H groups in total. The van der Waals surface area contributed by atoms with Gasteiger partial charge in [0.1, 0.15) is 11.5 Å². The van der Waals surface area contributed by atoms with Gasteiger partial charge in [-0.15, -0.1) is 0 Å². The van der Waals surface area contributed by atoms with Crippen molar-refractivity contribution in [2.24, 2.45) is 17.8 Å². The maximum atomic E-state index is 6.64. The van der Waals surface area contributed by atoms with Gasteiger partial charge in [-0.2, -0.15) is 0 Å². The molecule has 4 aromatic rings. The van der Waals surface area contributed by atoms with Gasteiger partial charge in [-0.3, -0.25) is 0 Å². The zero-order valence-corrected chi connectivity index (χ0v) is 18.7. The minimum absolute atomic E-state index is 0.416. The summed E-state index contributed by atoms with van der Waals surface area (Å²) in [4.78, 5) is 0. The first kappa shape index (κ1) is 19.7. The summed E-state index contributed by atoms with van der Waals surface area (Å²) in [5.74, 6) is 3.89. The summed E-state index contributed by atoms with van der Waals surface area (Å²) in [6.07, 6.45) is 5.22. The van der Waals surface area contributed by atoms with E-state index in [-0.39, 0.29) is 0 Å². The predicted octanol–water partition coefficient (Wildman–Crippen LogP) is 7.87. The Morgan fingerprint density at radius 3 is 1.59 bits per heavy atom. The molecule has 1 aliphatic heterocycles. The summed E-state index contributed by atoms with van der Waals surface area (Å²) in [5.41, 5.74) is 2.32. The van der Waals surface area contributed by atoms with Gasteiger partial charge in [0.2, 0.25) is 0 Å². The summed E-state index contributed by atoms with van der Waals surface area (Å²) < 4.78 is 13.3. The fraction of sp³-hybridized carbons (Fsp3) is 0.333. The maximum absolute atomic E-state index is 6.64. The summed E-state index contributed by atoms with van der Waals surface area (Å²) >= 11 is 0. The van der Waals surface area contributed by atoms with Crippen molar-refractivity contribution < 1.29 is 9.47 Å². The maximum Gasteiger partial charge on any atom is 0.127 e. The van der Waals surface area contributed by atoms with E-state index in [2.05, 4.69) is 79.7 Å². The van der Waals surface area contributed by atoms with Crippen molar-refractivity contribution in [3.05, 3.63) is 72.8 Å². The number of hydrogen-bond donors (Lipinski definition) is 0. The molecule has 32 heavy (non-hydrogen) atoms. The van der Waals surface area contributed by atoms with E-state index in [1.54, 1.807) is 0 Å². The van der Waals surface area contributed by atoms with E-state index in [1.807, 2.05) is 0 Å². The minimum Gasteiger partial charge on any atom is -0.492 e. The van der Waals surface area contributed by atoms with Crippen LogP contribution in [-0.2, 0) is 0 Å². The quantitative estimate of drug-likeness (QED) is 0.311. The molecule has 2 heteroatoms. The van der Waals surface area contributed by atoms with Gasteiger partial charge in [-0.05, 0) is 58.4 Å². The molecule has 1 aliphatic carbocycles. The average Bonchev–Trinajstić information content (AvgIpc) is 2.92. The van der Waals surface area contributed by atoms with Gasteiger partial charge in [0.05, 0.1) is 13.2 Å². The van der Waals surface area contributed by atoms with Crippen molar-refractivity contribution in [3.63, 3.8) is 0 Å². The van der Waals surface area contributed by atoms with Gasteiger partial charge in [0.15, 0.2) is 0 Å². The lowest BCUT2D eigenvalue weighted by molar-refractivity contribution is 0.102. The molecule has 0 amide bonds. The summed E-state index contributed by atoms with van der Waals surface area (Å²) in [7, 11) is 0. The van der Waals surface area contributed by atoms with Crippen molar-refractivity contribution in [1.29, 1.82) is 0 Å². The second kappa shape index (κ2) is 8.16. The Hall–Kier alpha value is -3.00. The van der Waals surface area contributed by atoms with Crippen LogP contribution in [0.25, 0.3) is 32.7 Å². The Kier molecular flexibility index (Phi) is 5.02. The Morgan fingerprint density at radius 1 is 0.562 bits per heavy atom. The van der Waals surface area contributed by atoms with Crippen LogP contribution in [0.1, 0.15) is 32.6 Å². The van der Waals surface area contributed by atoms with E-state index < -0.39 is 0 Å². The van der Waals surface area contributed by atoms with E-state index in [0.29, 0.717) is 11.8 Å². The Labute approximate surface area is 190 Å². The molecule has 2 nitrogen and oxygen atoms in total. The molecule has 2 aliphatic rings. The molecule has 1 heterocycles. The van der Waals surface area contributed by atoms with Crippen molar-refractivity contribution in [3.8, 4) is 22.6 Å². The Bertz CT molecular complexity index is 1180. The first-order valence-corrected chi connectivity index (χ1v) is 12.1. The van der Waals surface area contributed by atoms with Crippen LogP contribution in [-0.4, -0.2) is 13.2 Å². The van der Waals surface area contributed by atoms with Gasteiger partial charge >= 0.3 is 0 Å². The predicted molar refractivity (Wildman–Crippen MR) is 132 cm³/mol. The molecule has 0 bridgehead atoms. The van der Waals surface area contributed by atoms with Crippen molar-refractivity contribution in [2.75, 3.05) is 13.2 Å². The van der Waals surface area contributed by atoms with Gasteiger partial charge < -0.3 is 9.47 Å². The van der Waals surface area contributed by atoms with E-state index in [4.69, 9.17) is 9.47 Å². The smallest absolute Gasteiger partial charge is 0.127 e. The number of fused-ring (bicyclic) bond motifs is 7. The summed E-state index contributed by atoms with van der Waals surface area (Å²) in [6.45, 7) is 3.82. The van der Waals surface area contributed by atoms with E-state index in [9.17, 15) is 0 Å². The molecule has 0 aromatic heterocycles. The third-order valence-electron chi connectivity index (χ3n) is 7.66. The highest BCUT2D eigenvalue weighted by atomic mass is 16.5. The number of hydrogen-bond acceptors (Lipinski definition) is 2. The molecule has 1 fully saturated rings. The normalized spacial score (nSPS) is 21.5. The van der Waals surface area contributed by atoms with Crippen molar-refractivity contribution >= 4 is 21.5 Å². The van der Waals surface area contributed by atoms with Gasteiger partial charge in [0.25, 0.3) is 0 Å². The summed E-state index contributed by atoms with van der Waals surface area (Å²) in [5, 5.41) is 4.89. The SMILES string of the molecule is CC1CCC(C2COc3ccc4ccccc4c3-c3c(ccc4ccccc34)OC2)CC1. The third kappa shape index (κ3) is 3.43. The summed E-state index contributed by atoms with van der Waals surface area (Å²) in [6, 6.07) is 25.9. The molecule has 4 aromatic carbocycles. The van der Waals surface area contributed by atoms with E-state index in [0.717, 1.165) is 41.8 Å². The topological polar surface area (TPSA) is 18.5 Å². The molecule has 0 atom stereocenters. The molecule has 0 unspecified atom stereocenters. The zero-order chi connectivity index (χ0) is 21.5. The monoisotopic (exact) mass is 422 g/mol. The van der Waals surface area contributed by atoms with Gasteiger partial charge in [0, 0.05) is 17.0 Å². The van der Waals surface area contributed by atoms with Crippen LogP contribution in [0.4, 0.5) is 0 Å². The van der Waals surface area contributed by atoms with Crippen LogP contribution in [0.15, 0.2) is 72.8 Å². The fourth-order valence-corrected chi connectivity index (χ4v) is 5.73. The first-order chi connectivity index (χ1) is 15.8. The molecule has 6 rings (SSSR count). The average molecular weight is 423 g/mol. The molecule has 0 radical (unpaired) electrons. The van der Waals surface area contributed by atoms with Gasteiger partial charge in [-0.1, -0.05) is 80.4 Å². The Morgan fingerprint density at radius 2 is 1.06 bits per heavy atom. The van der Waals surface area contributed by atoms with Crippen LogP contribution in [0.2, 0.25) is 0 Å². The van der Waals surface area contributed by atoms with Crippen LogP contribution in [0.3, 0.4) is 0 Å². The highest BCUT2D eigenvalue weighted by Crippen LogP contribution is 2.47. The molecule has 0 spiro atoms. The Balaban J connectivity index is 1.54. The number of ether oxygens (including phenoxy) is 2. The van der Waals surface area contributed by atoms with E-state index in [1.165, 1.54) is 47.2 Å².